The number of anilines is 1. The third-order valence-electron chi connectivity index (χ3n) is 4.84. The van der Waals surface area contributed by atoms with Gasteiger partial charge in [-0.05, 0) is 76.1 Å². The quantitative estimate of drug-likeness (QED) is 0.905. The summed E-state index contributed by atoms with van der Waals surface area (Å²) in [6.07, 6.45) is 8.11. The Morgan fingerprint density at radius 2 is 2.00 bits per heavy atom. The molecule has 2 fully saturated rings. The fourth-order valence-electron chi connectivity index (χ4n) is 3.73. The number of hydrogen-bond acceptors (Lipinski definition) is 2. The minimum atomic E-state index is 0.828. The molecule has 2 nitrogen and oxygen atoms in total. The third kappa shape index (κ3) is 3.35. The highest BCUT2D eigenvalue weighted by Gasteiger charge is 2.19. The van der Waals surface area contributed by atoms with Crippen molar-refractivity contribution < 1.29 is 0 Å². The van der Waals surface area contributed by atoms with Gasteiger partial charge in [0.2, 0.25) is 0 Å². The third-order valence-corrected chi connectivity index (χ3v) is 4.84. The van der Waals surface area contributed by atoms with E-state index in [0.717, 1.165) is 5.92 Å². The maximum absolute atomic E-state index is 3.56. The van der Waals surface area contributed by atoms with Gasteiger partial charge in [-0.1, -0.05) is 17.7 Å². The number of nitrogens with zero attached hydrogens (tertiary/aromatic N) is 1. The average molecular weight is 272 g/mol. The smallest absolute Gasteiger partial charge is 0.0399 e. The molecule has 0 radical (unpaired) electrons. The highest BCUT2D eigenvalue weighted by Crippen LogP contribution is 2.28. The van der Waals surface area contributed by atoms with E-state index in [2.05, 4.69) is 35.3 Å². The molecule has 1 N–H and O–H groups in total. The molecule has 0 bridgehead atoms. The van der Waals surface area contributed by atoms with Crippen molar-refractivity contribution >= 4 is 5.69 Å². The molecule has 110 valence electrons. The molecule has 2 aliphatic rings. The lowest BCUT2D eigenvalue weighted by molar-refractivity contribution is 0.376. The maximum atomic E-state index is 3.56. The number of piperidine rings is 2. The van der Waals surface area contributed by atoms with E-state index in [4.69, 9.17) is 0 Å². The van der Waals surface area contributed by atoms with E-state index in [1.54, 1.807) is 5.56 Å². The largest absolute Gasteiger partial charge is 0.371 e. The number of hydrogen-bond donors (Lipinski definition) is 1. The van der Waals surface area contributed by atoms with Gasteiger partial charge in [0.15, 0.2) is 0 Å². The monoisotopic (exact) mass is 272 g/mol. The molecule has 0 aromatic heterocycles. The Balaban J connectivity index is 1.77. The van der Waals surface area contributed by atoms with Crippen LogP contribution in [-0.2, 0) is 6.42 Å². The standard InChI is InChI=1S/C18H28N2/c1-15-7-8-18(20-10-3-2-4-11-20)17(12-15)13-16-6-5-9-19-14-16/h7-8,12,16,19H,2-6,9-11,13-14H2,1H3. The van der Waals surface area contributed by atoms with E-state index >= 15 is 0 Å². The highest BCUT2D eigenvalue weighted by molar-refractivity contribution is 5.55. The van der Waals surface area contributed by atoms with E-state index in [1.165, 1.54) is 76.0 Å². The first kappa shape index (κ1) is 13.9. The average Bonchev–Trinajstić information content (AvgIpc) is 2.49. The van der Waals surface area contributed by atoms with Crippen LogP contribution in [0.25, 0.3) is 0 Å². The maximum Gasteiger partial charge on any atom is 0.0399 e. The second-order valence-corrected chi connectivity index (χ2v) is 6.60. The van der Waals surface area contributed by atoms with Gasteiger partial charge in [0, 0.05) is 18.8 Å². The van der Waals surface area contributed by atoms with Gasteiger partial charge >= 0.3 is 0 Å². The topological polar surface area (TPSA) is 15.3 Å². The second-order valence-electron chi connectivity index (χ2n) is 6.60. The molecular weight excluding hydrogens is 244 g/mol. The summed E-state index contributed by atoms with van der Waals surface area (Å²) < 4.78 is 0. The summed E-state index contributed by atoms with van der Waals surface area (Å²) in [6.45, 7) is 7.14. The molecule has 0 aliphatic carbocycles. The van der Waals surface area contributed by atoms with Gasteiger partial charge < -0.3 is 10.2 Å². The first-order valence-corrected chi connectivity index (χ1v) is 8.38. The molecule has 0 spiro atoms. The molecule has 0 amide bonds. The normalized spacial score (nSPS) is 23.9. The van der Waals surface area contributed by atoms with Crippen LogP contribution in [0.15, 0.2) is 18.2 Å². The zero-order valence-electron chi connectivity index (χ0n) is 12.8. The lowest BCUT2D eigenvalue weighted by Crippen LogP contribution is -2.33. The fraction of sp³-hybridized carbons (Fsp3) is 0.667. The van der Waals surface area contributed by atoms with Crippen molar-refractivity contribution in [1.82, 2.24) is 5.32 Å². The zero-order chi connectivity index (χ0) is 13.8. The molecule has 20 heavy (non-hydrogen) atoms. The Labute approximate surface area is 123 Å². The Morgan fingerprint density at radius 1 is 1.15 bits per heavy atom. The molecular formula is C18H28N2. The fourth-order valence-corrected chi connectivity index (χ4v) is 3.73. The van der Waals surface area contributed by atoms with E-state index < -0.39 is 0 Å². The van der Waals surface area contributed by atoms with Gasteiger partial charge in [0.25, 0.3) is 0 Å². The lowest BCUT2D eigenvalue weighted by atomic mass is 9.90. The Hall–Kier alpha value is -1.02. The van der Waals surface area contributed by atoms with Crippen molar-refractivity contribution in [1.29, 1.82) is 0 Å². The van der Waals surface area contributed by atoms with E-state index in [1.807, 2.05) is 0 Å². The SMILES string of the molecule is Cc1ccc(N2CCCCC2)c(CC2CCCNC2)c1. The Morgan fingerprint density at radius 3 is 2.75 bits per heavy atom. The van der Waals surface area contributed by atoms with Crippen LogP contribution >= 0.6 is 0 Å². The van der Waals surface area contributed by atoms with Crippen LogP contribution in [0, 0.1) is 12.8 Å². The van der Waals surface area contributed by atoms with Crippen LogP contribution in [0.5, 0.6) is 0 Å². The minimum Gasteiger partial charge on any atom is -0.371 e. The molecule has 0 saturated carbocycles. The van der Waals surface area contributed by atoms with Crippen molar-refractivity contribution in [2.24, 2.45) is 5.92 Å². The molecule has 2 aliphatic heterocycles. The molecule has 1 unspecified atom stereocenters. The molecule has 1 atom stereocenters. The number of benzene rings is 1. The number of aryl methyl sites for hydroxylation is 1. The van der Waals surface area contributed by atoms with Gasteiger partial charge in [0.1, 0.15) is 0 Å². The lowest BCUT2D eigenvalue weighted by Gasteiger charge is -2.32. The van der Waals surface area contributed by atoms with Gasteiger partial charge in [-0.2, -0.15) is 0 Å². The summed E-state index contributed by atoms with van der Waals surface area (Å²) in [6, 6.07) is 7.08. The summed E-state index contributed by atoms with van der Waals surface area (Å²) >= 11 is 0. The van der Waals surface area contributed by atoms with Crippen molar-refractivity contribution in [2.45, 2.75) is 45.4 Å². The Bertz CT molecular complexity index is 429. The molecule has 2 heteroatoms. The van der Waals surface area contributed by atoms with E-state index in [0.29, 0.717) is 0 Å². The van der Waals surface area contributed by atoms with Crippen LogP contribution in [-0.4, -0.2) is 26.2 Å². The van der Waals surface area contributed by atoms with Gasteiger partial charge in [-0.25, -0.2) is 0 Å². The predicted molar refractivity (Wildman–Crippen MR) is 86.5 cm³/mol. The van der Waals surface area contributed by atoms with E-state index in [-0.39, 0.29) is 0 Å². The van der Waals surface area contributed by atoms with Gasteiger partial charge in [-0.15, -0.1) is 0 Å². The summed E-state index contributed by atoms with van der Waals surface area (Å²) in [7, 11) is 0. The predicted octanol–water partition coefficient (Wildman–Crippen LogP) is 3.53. The van der Waals surface area contributed by atoms with E-state index in [9.17, 15) is 0 Å². The molecule has 3 rings (SSSR count). The summed E-state index contributed by atoms with van der Waals surface area (Å²) in [5.41, 5.74) is 4.51. The number of nitrogens with one attached hydrogen (secondary N) is 1. The molecule has 2 saturated heterocycles. The van der Waals surface area contributed by atoms with Crippen molar-refractivity contribution in [2.75, 3.05) is 31.1 Å². The number of rotatable bonds is 3. The van der Waals surface area contributed by atoms with Gasteiger partial charge in [-0.3, -0.25) is 0 Å². The molecule has 2 heterocycles. The Kier molecular flexibility index (Phi) is 4.62. The highest BCUT2D eigenvalue weighted by atomic mass is 15.1. The summed E-state index contributed by atoms with van der Waals surface area (Å²) in [5, 5.41) is 3.56. The minimum absolute atomic E-state index is 0.828. The van der Waals surface area contributed by atoms with Crippen molar-refractivity contribution in [3.05, 3.63) is 29.3 Å². The van der Waals surface area contributed by atoms with Crippen LogP contribution in [0.2, 0.25) is 0 Å². The van der Waals surface area contributed by atoms with Crippen LogP contribution in [0.3, 0.4) is 0 Å². The van der Waals surface area contributed by atoms with Crippen LogP contribution < -0.4 is 10.2 Å². The first-order valence-electron chi connectivity index (χ1n) is 8.38. The van der Waals surface area contributed by atoms with Crippen molar-refractivity contribution in [3.63, 3.8) is 0 Å². The zero-order valence-corrected chi connectivity index (χ0v) is 12.8. The van der Waals surface area contributed by atoms with Gasteiger partial charge in [0.05, 0.1) is 0 Å². The summed E-state index contributed by atoms with van der Waals surface area (Å²) in [5.74, 6) is 0.828. The molecule has 1 aromatic rings. The second kappa shape index (κ2) is 6.62. The molecule has 1 aromatic carbocycles. The van der Waals surface area contributed by atoms with Crippen molar-refractivity contribution in [3.8, 4) is 0 Å². The first-order chi connectivity index (χ1) is 9.83. The van der Waals surface area contributed by atoms with Crippen LogP contribution in [0.1, 0.15) is 43.2 Å². The van der Waals surface area contributed by atoms with Crippen LogP contribution in [0.4, 0.5) is 5.69 Å². The summed E-state index contributed by atoms with van der Waals surface area (Å²) in [4.78, 5) is 2.62.